The Hall–Kier alpha value is -1.59. The van der Waals surface area contributed by atoms with Crippen LogP contribution in [0.25, 0.3) is 0 Å². The summed E-state index contributed by atoms with van der Waals surface area (Å²) >= 11 is 0. The van der Waals surface area contributed by atoms with Crippen LogP contribution >= 0.6 is 0 Å². The van der Waals surface area contributed by atoms with Crippen LogP contribution in [0.2, 0.25) is 0 Å². The molecule has 68 heavy (non-hydrogen) atoms. The smallest absolute Gasteiger partial charge is 0.306 e. The molecule has 0 amide bonds. The van der Waals surface area contributed by atoms with E-state index in [0.717, 1.165) is 75.5 Å². The molecule has 0 aromatic carbocycles. The lowest BCUT2D eigenvalue weighted by molar-refractivity contribution is -0.167. The monoisotopic (exact) mass is 961 g/mol. The summed E-state index contributed by atoms with van der Waals surface area (Å²) in [6.45, 7) is 13.8. The lowest BCUT2D eigenvalue weighted by Crippen LogP contribution is -2.30. The van der Waals surface area contributed by atoms with E-state index in [9.17, 15) is 14.4 Å². The van der Waals surface area contributed by atoms with Gasteiger partial charge in [0, 0.05) is 19.3 Å². The second-order valence-corrected chi connectivity index (χ2v) is 22.5. The molecule has 0 aromatic heterocycles. The van der Waals surface area contributed by atoms with E-state index in [4.69, 9.17) is 14.2 Å². The van der Waals surface area contributed by atoms with Crippen LogP contribution in [-0.2, 0) is 28.6 Å². The first-order valence-corrected chi connectivity index (χ1v) is 30.6. The van der Waals surface area contributed by atoms with Crippen molar-refractivity contribution in [2.75, 3.05) is 13.2 Å². The SMILES string of the molecule is CCC(C)CCCCCCCCCCCCCCCCCCCCC(=O)OC[C@@H](COC(=O)CCCCCCCCCCCCCCCC(C)C)OC(=O)CCCCCCCCCCCC(C)C. The molecule has 0 rings (SSSR count). The van der Waals surface area contributed by atoms with Gasteiger partial charge < -0.3 is 14.2 Å². The number of esters is 3. The minimum Gasteiger partial charge on any atom is -0.462 e. The van der Waals surface area contributed by atoms with Crippen LogP contribution in [0.3, 0.4) is 0 Å². The van der Waals surface area contributed by atoms with E-state index < -0.39 is 6.10 Å². The molecular formula is C62H120O6. The zero-order valence-corrected chi connectivity index (χ0v) is 46.9. The van der Waals surface area contributed by atoms with E-state index in [1.165, 1.54) is 225 Å². The van der Waals surface area contributed by atoms with E-state index in [1.54, 1.807) is 0 Å². The maximum atomic E-state index is 12.8. The van der Waals surface area contributed by atoms with Crippen LogP contribution in [-0.4, -0.2) is 37.2 Å². The highest BCUT2D eigenvalue weighted by atomic mass is 16.6. The van der Waals surface area contributed by atoms with Gasteiger partial charge in [0.1, 0.15) is 13.2 Å². The third-order valence-electron chi connectivity index (χ3n) is 14.5. The number of rotatable bonds is 55. The van der Waals surface area contributed by atoms with E-state index in [2.05, 4.69) is 41.5 Å². The van der Waals surface area contributed by atoms with Crippen LogP contribution in [0, 0.1) is 17.8 Å². The van der Waals surface area contributed by atoms with Crippen LogP contribution in [0.15, 0.2) is 0 Å². The molecule has 0 spiro atoms. The van der Waals surface area contributed by atoms with Crippen molar-refractivity contribution in [1.82, 2.24) is 0 Å². The van der Waals surface area contributed by atoms with Gasteiger partial charge in [-0.2, -0.15) is 0 Å². The van der Waals surface area contributed by atoms with Crippen molar-refractivity contribution in [3.8, 4) is 0 Å². The van der Waals surface area contributed by atoms with E-state index in [1.807, 2.05) is 0 Å². The minimum atomic E-state index is -0.764. The molecule has 6 nitrogen and oxygen atoms in total. The lowest BCUT2D eigenvalue weighted by atomic mass is 9.99. The van der Waals surface area contributed by atoms with Crippen LogP contribution in [0.4, 0.5) is 0 Å². The normalized spacial score (nSPS) is 12.5. The second-order valence-electron chi connectivity index (χ2n) is 22.5. The number of unbranched alkanes of at least 4 members (excludes halogenated alkanes) is 37. The summed E-state index contributed by atoms with van der Waals surface area (Å²) in [4.78, 5) is 38.2. The fraction of sp³-hybridized carbons (Fsp3) is 0.952. The summed E-state index contributed by atoms with van der Waals surface area (Å²) < 4.78 is 16.9. The highest BCUT2D eigenvalue weighted by molar-refractivity contribution is 5.71. The van der Waals surface area contributed by atoms with E-state index in [-0.39, 0.29) is 31.1 Å². The van der Waals surface area contributed by atoms with Gasteiger partial charge in [-0.1, -0.05) is 305 Å². The van der Waals surface area contributed by atoms with Gasteiger partial charge in [0.15, 0.2) is 6.10 Å². The van der Waals surface area contributed by atoms with Crippen molar-refractivity contribution >= 4 is 17.9 Å². The van der Waals surface area contributed by atoms with Crippen molar-refractivity contribution in [3.05, 3.63) is 0 Å². The molecule has 0 aliphatic heterocycles. The first-order chi connectivity index (χ1) is 33.1. The third kappa shape index (κ3) is 53.8. The number of carbonyl (C=O) groups excluding carboxylic acids is 3. The number of carbonyl (C=O) groups is 3. The van der Waals surface area contributed by atoms with Gasteiger partial charge in [-0.25, -0.2) is 0 Å². The van der Waals surface area contributed by atoms with Gasteiger partial charge >= 0.3 is 17.9 Å². The predicted octanol–water partition coefficient (Wildman–Crippen LogP) is 20.3. The topological polar surface area (TPSA) is 78.9 Å². The van der Waals surface area contributed by atoms with Gasteiger partial charge in [-0.15, -0.1) is 0 Å². The van der Waals surface area contributed by atoms with Gasteiger partial charge in [0.05, 0.1) is 0 Å². The highest BCUT2D eigenvalue weighted by Gasteiger charge is 2.19. The molecule has 1 unspecified atom stereocenters. The molecule has 0 fully saturated rings. The highest BCUT2D eigenvalue weighted by Crippen LogP contribution is 2.19. The third-order valence-corrected chi connectivity index (χ3v) is 14.5. The Kier molecular flexibility index (Phi) is 52.0. The van der Waals surface area contributed by atoms with Crippen LogP contribution in [0.5, 0.6) is 0 Å². The summed E-state index contributed by atoms with van der Waals surface area (Å²) in [5.74, 6) is 1.71. The molecule has 0 aliphatic carbocycles. The average molecular weight is 962 g/mol. The molecular weight excluding hydrogens is 841 g/mol. The molecule has 0 saturated heterocycles. The fourth-order valence-electron chi connectivity index (χ4n) is 9.50. The molecule has 0 saturated carbocycles. The zero-order chi connectivity index (χ0) is 49.8. The Balaban J connectivity index is 4.22. The standard InChI is InChI=1S/C62H120O6/c1-7-58(6)50-44-38-32-26-20-16-12-10-8-9-11-13-17-21-27-33-39-45-51-60(63)66-54-59(68-62(65)53-47-41-35-29-23-25-31-37-43-49-57(4)5)55-67-61(64)52-46-40-34-28-22-18-14-15-19-24-30-36-42-48-56(2)3/h56-59H,7-55H2,1-6H3/t58?,59-/m0/s1. The molecule has 2 atom stereocenters. The first kappa shape index (κ1) is 66.4. The number of hydrogen-bond donors (Lipinski definition) is 0. The summed E-state index contributed by atoms with van der Waals surface area (Å²) in [6.07, 6.45) is 56.7. The van der Waals surface area contributed by atoms with Crippen LogP contribution < -0.4 is 0 Å². The molecule has 0 N–H and O–H groups in total. The molecule has 0 bridgehead atoms. The maximum absolute atomic E-state index is 12.8. The van der Waals surface area contributed by atoms with Crippen molar-refractivity contribution in [2.24, 2.45) is 17.8 Å². The summed E-state index contributed by atoms with van der Waals surface area (Å²) in [5.41, 5.74) is 0. The van der Waals surface area contributed by atoms with Crippen molar-refractivity contribution in [3.63, 3.8) is 0 Å². The maximum Gasteiger partial charge on any atom is 0.306 e. The molecule has 0 aromatic rings. The average Bonchev–Trinajstić information content (AvgIpc) is 3.31. The van der Waals surface area contributed by atoms with Crippen molar-refractivity contribution in [2.45, 2.75) is 349 Å². The van der Waals surface area contributed by atoms with Gasteiger partial charge in [0.2, 0.25) is 0 Å². The Morgan fingerprint density at radius 2 is 0.515 bits per heavy atom. The Morgan fingerprint density at radius 3 is 0.765 bits per heavy atom. The van der Waals surface area contributed by atoms with Crippen molar-refractivity contribution in [1.29, 1.82) is 0 Å². The molecule has 404 valence electrons. The lowest BCUT2D eigenvalue weighted by Gasteiger charge is -2.18. The largest absolute Gasteiger partial charge is 0.462 e. The van der Waals surface area contributed by atoms with E-state index >= 15 is 0 Å². The van der Waals surface area contributed by atoms with Crippen molar-refractivity contribution < 1.29 is 28.6 Å². The molecule has 6 heteroatoms. The van der Waals surface area contributed by atoms with Gasteiger partial charge in [-0.05, 0) is 37.0 Å². The van der Waals surface area contributed by atoms with Gasteiger partial charge in [-0.3, -0.25) is 14.4 Å². The molecule has 0 radical (unpaired) electrons. The van der Waals surface area contributed by atoms with Gasteiger partial charge in [0.25, 0.3) is 0 Å². The summed E-state index contributed by atoms with van der Waals surface area (Å²) in [7, 11) is 0. The quantitative estimate of drug-likeness (QED) is 0.0343. The first-order valence-electron chi connectivity index (χ1n) is 30.6. The molecule has 0 aliphatic rings. The molecule has 0 heterocycles. The fourth-order valence-corrected chi connectivity index (χ4v) is 9.50. The second kappa shape index (κ2) is 53.2. The number of ether oxygens (including phenoxy) is 3. The number of hydrogen-bond acceptors (Lipinski definition) is 6. The summed E-state index contributed by atoms with van der Waals surface area (Å²) in [6, 6.07) is 0. The van der Waals surface area contributed by atoms with E-state index in [0.29, 0.717) is 19.3 Å². The summed E-state index contributed by atoms with van der Waals surface area (Å²) in [5, 5.41) is 0. The predicted molar refractivity (Wildman–Crippen MR) is 293 cm³/mol. The Bertz CT molecular complexity index is 1060. The zero-order valence-electron chi connectivity index (χ0n) is 46.9. The minimum absolute atomic E-state index is 0.0634. The Labute approximate surface area is 425 Å². The van der Waals surface area contributed by atoms with Crippen LogP contribution in [0.1, 0.15) is 343 Å². The Morgan fingerprint density at radius 1 is 0.294 bits per heavy atom.